The summed E-state index contributed by atoms with van der Waals surface area (Å²) in [5, 5.41) is 3.73. The second-order valence-corrected chi connectivity index (χ2v) is 7.60. The minimum atomic E-state index is -0.774. The van der Waals surface area contributed by atoms with Gasteiger partial charge in [0.15, 0.2) is 12.1 Å². The lowest BCUT2D eigenvalue weighted by Gasteiger charge is -2.40. The molecule has 9 heteroatoms. The standard InChI is InChI=1S/C22H23N5O4/c1-14-3-9-18(10-4-14)25-11-12-26-20(30)21(31)27(24-22(25)26)13-19(29)23-17-7-5-16(6-8-17)15(2)28/h3-10,22,24H,11-13H2,1-2H3,(H,23,29). The highest BCUT2D eigenvalue weighted by Crippen LogP contribution is 2.25. The van der Waals surface area contributed by atoms with Crippen LogP contribution >= 0.6 is 0 Å². The SMILES string of the molecule is CC(=O)c1ccc(NC(=O)CN2NC3N(CCN3c3ccc(C)cc3)C(=O)C2=O)cc1. The van der Waals surface area contributed by atoms with E-state index in [1.54, 1.807) is 24.3 Å². The summed E-state index contributed by atoms with van der Waals surface area (Å²) in [7, 11) is 0. The molecule has 2 fully saturated rings. The van der Waals surface area contributed by atoms with Crippen molar-refractivity contribution in [1.82, 2.24) is 15.3 Å². The summed E-state index contributed by atoms with van der Waals surface area (Å²) in [6, 6.07) is 14.3. The highest BCUT2D eigenvalue weighted by molar-refractivity contribution is 6.35. The second-order valence-electron chi connectivity index (χ2n) is 7.60. The largest absolute Gasteiger partial charge is 0.336 e. The molecule has 0 aliphatic carbocycles. The number of hydrogen-bond donors (Lipinski definition) is 2. The lowest BCUT2D eigenvalue weighted by Crippen LogP contribution is -2.68. The van der Waals surface area contributed by atoms with Crippen LogP contribution in [0, 0.1) is 6.92 Å². The van der Waals surface area contributed by atoms with Crippen LogP contribution in [-0.4, -0.2) is 59.3 Å². The van der Waals surface area contributed by atoms with E-state index in [2.05, 4.69) is 10.7 Å². The van der Waals surface area contributed by atoms with Gasteiger partial charge in [-0.05, 0) is 50.2 Å². The molecule has 2 aliphatic heterocycles. The molecule has 1 atom stereocenters. The molecular weight excluding hydrogens is 398 g/mol. The van der Waals surface area contributed by atoms with Crippen LogP contribution in [-0.2, 0) is 14.4 Å². The topological polar surface area (TPSA) is 102 Å². The molecule has 0 radical (unpaired) electrons. The van der Waals surface area contributed by atoms with Crippen molar-refractivity contribution in [2.45, 2.75) is 20.1 Å². The van der Waals surface area contributed by atoms with Crippen LogP contribution < -0.4 is 15.6 Å². The fraction of sp³-hybridized carbons (Fsp3) is 0.273. The first kappa shape index (κ1) is 20.5. The van der Waals surface area contributed by atoms with Gasteiger partial charge in [0, 0.05) is 30.0 Å². The van der Waals surface area contributed by atoms with Gasteiger partial charge in [-0.3, -0.25) is 29.1 Å². The van der Waals surface area contributed by atoms with Crippen LogP contribution in [0.4, 0.5) is 11.4 Å². The smallest absolute Gasteiger partial charge is 0.326 e. The molecule has 2 heterocycles. The third-order valence-corrected chi connectivity index (χ3v) is 5.38. The average molecular weight is 421 g/mol. The van der Waals surface area contributed by atoms with Crippen molar-refractivity contribution in [3.8, 4) is 0 Å². The van der Waals surface area contributed by atoms with Gasteiger partial charge in [0.2, 0.25) is 5.91 Å². The number of fused-ring (bicyclic) bond motifs is 1. The highest BCUT2D eigenvalue weighted by Gasteiger charge is 2.45. The number of nitrogens with zero attached hydrogens (tertiary/aromatic N) is 3. The first-order chi connectivity index (χ1) is 14.8. The van der Waals surface area contributed by atoms with Gasteiger partial charge in [-0.2, -0.15) is 5.43 Å². The number of benzene rings is 2. The van der Waals surface area contributed by atoms with Crippen molar-refractivity contribution in [1.29, 1.82) is 0 Å². The summed E-state index contributed by atoms with van der Waals surface area (Å²) < 4.78 is 0. The second kappa shape index (κ2) is 8.19. The Morgan fingerprint density at radius 2 is 1.61 bits per heavy atom. The normalized spacial score (nSPS) is 18.3. The van der Waals surface area contributed by atoms with Gasteiger partial charge in [0.05, 0.1) is 0 Å². The fourth-order valence-electron chi connectivity index (χ4n) is 3.67. The number of rotatable bonds is 5. The number of anilines is 2. The van der Waals surface area contributed by atoms with Crippen LogP contribution in [0.3, 0.4) is 0 Å². The molecule has 2 aromatic carbocycles. The Hall–Kier alpha value is -3.72. The minimum absolute atomic E-state index is 0.0706. The van der Waals surface area contributed by atoms with Crippen molar-refractivity contribution < 1.29 is 19.2 Å². The number of aryl methyl sites for hydroxylation is 1. The van der Waals surface area contributed by atoms with Crippen molar-refractivity contribution in [3.63, 3.8) is 0 Å². The van der Waals surface area contributed by atoms with E-state index in [-0.39, 0.29) is 12.3 Å². The van der Waals surface area contributed by atoms with E-state index in [1.807, 2.05) is 36.1 Å². The maximum absolute atomic E-state index is 12.6. The Kier molecular flexibility index (Phi) is 5.43. The minimum Gasteiger partial charge on any atom is -0.336 e. The maximum Gasteiger partial charge on any atom is 0.326 e. The van der Waals surface area contributed by atoms with Crippen LogP contribution in [0.15, 0.2) is 48.5 Å². The Labute approximate surface area is 179 Å². The van der Waals surface area contributed by atoms with Gasteiger partial charge in [0.25, 0.3) is 0 Å². The summed E-state index contributed by atoms with van der Waals surface area (Å²) in [4.78, 5) is 52.4. The number of hydrazine groups is 1. The van der Waals surface area contributed by atoms with E-state index in [0.717, 1.165) is 16.3 Å². The summed E-state index contributed by atoms with van der Waals surface area (Å²) in [6.45, 7) is 4.12. The monoisotopic (exact) mass is 421 g/mol. The maximum atomic E-state index is 12.6. The van der Waals surface area contributed by atoms with Crippen LogP contribution in [0.5, 0.6) is 0 Å². The van der Waals surface area contributed by atoms with E-state index in [9.17, 15) is 19.2 Å². The average Bonchev–Trinajstić information content (AvgIpc) is 3.16. The van der Waals surface area contributed by atoms with Crippen LogP contribution in [0.2, 0.25) is 0 Å². The van der Waals surface area contributed by atoms with E-state index >= 15 is 0 Å². The van der Waals surface area contributed by atoms with Crippen molar-refractivity contribution in [2.24, 2.45) is 0 Å². The molecule has 1 unspecified atom stereocenters. The Morgan fingerprint density at radius 3 is 2.26 bits per heavy atom. The van der Waals surface area contributed by atoms with Gasteiger partial charge in [-0.1, -0.05) is 17.7 Å². The number of hydrogen-bond acceptors (Lipinski definition) is 6. The van der Waals surface area contributed by atoms with Gasteiger partial charge in [-0.15, -0.1) is 0 Å². The fourth-order valence-corrected chi connectivity index (χ4v) is 3.67. The molecule has 2 aromatic rings. The van der Waals surface area contributed by atoms with E-state index in [4.69, 9.17) is 0 Å². The zero-order chi connectivity index (χ0) is 22.1. The highest BCUT2D eigenvalue weighted by atomic mass is 16.2. The van der Waals surface area contributed by atoms with E-state index in [0.29, 0.717) is 24.3 Å². The molecular formula is C22H23N5O4. The van der Waals surface area contributed by atoms with E-state index in [1.165, 1.54) is 11.8 Å². The first-order valence-corrected chi connectivity index (χ1v) is 9.96. The predicted molar refractivity (Wildman–Crippen MR) is 114 cm³/mol. The number of ketones is 1. The van der Waals surface area contributed by atoms with E-state index < -0.39 is 24.0 Å². The predicted octanol–water partition coefficient (Wildman–Crippen LogP) is 1.12. The zero-order valence-corrected chi connectivity index (χ0v) is 17.3. The Morgan fingerprint density at radius 1 is 0.968 bits per heavy atom. The Bertz CT molecular complexity index is 1030. The summed E-state index contributed by atoms with van der Waals surface area (Å²) in [5.74, 6) is -1.95. The number of amides is 3. The van der Waals surface area contributed by atoms with Gasteiger partial charge < -0.3 is 10.2 Å². The molecule has 9 nitrogen and oxygen atoms in total. The van der Waals surface area contributed by atoms with Crippen molar-refractivity contribution in [3.05, 3.63) is 59.7 Å². The summed E-state index contributed by atoms with van der Waals surface area (Å²) in [5.41, 5.74) is 6.08. The molecule has 2 N–H and O–H groups in total. The van der Waals surface area contributed by atoms with Gasteiger partial charge >= 0.3 is 11.8 Å². The molecule has 2 saturated heterocycles. The van der Waals surface area contributed by atoms with Crippen molar-refractivity contribution in [2.75, 3.05) is 29.9 Å². The van der Waals surface area contributed by atoms with Crippen LogP contribution in [0.25, 0.3) is 0 Å². The number of nitrogens with one attached hydrogen (secondary N) is 2. The molecule has 0 aromatic heterocycles. The van der Waals surface area contributed by atoms with Gasteiger partial charge in [0.1, 0.15) is 6.54 Å². The van der Waals surface area contributed by atoms with Crippen LogP contribution in [0.1, 0.15) is 22.8 Å². The number of carbonyl (C=O) groups excluding carboxylic acids is 4. The first-order valence-electron chi connectivity index (χ1n) is 9.96. The molecule has 0 bridgehead atoms. The lowest BCUT2D eigenvalue weighted by atomic mass is 10.1. The number of carbonyl (C=O) groups is 4. The third-order valence-electron chi connectivity index (χ3n) is 5.38. The molecule has 2 aliphatic rings. The molecule has 0 saturated carbocycles. The third kappa shape index (κ3) is 4.13. The Balaban J connectivity index is 1.45. The molecule has 3 amide bonds. The van der Waals surface area contributed by atoms with Crippen molar-refractivity contribution >= 4 is 34.9 Å². The zero-order valence-electron chi connectivity index (χ0n) is 17.3. The number of Topliss-reactive ketones (excluding diaryl/α,β-unsaturated/α-hetero) is 1. The lowest BCUT2D eigenvalue weighted by molar-refractivity contribution is -0.163. The quantitative estimate of drug-likeness (QED) is 0.554. The molecule has 0 spiro atoms. The summed E-state index contributed by atoms with van der Waals surface area (Å²) >= 11 is 0. The molecule has 31 heavy (non-hydrogen) atoms. The molecule has 4 rings (SSSR count). The molecule has 160 valence electrons. The summed E-state index contributed by atoms with van der Waals surface area (Å²) in [6.07, 6.45) is -0.546. The van der Waals surface area contributed by atoms with Gasteiger partial charge in [-0.25, -0.2) is 0 Å².